The van der Waals surface area contributed by atoms with Crippen LogP contribution in [0.5, 0.6) is 0 Å². The summed E-state index contributed by atoms with van der Waals surface area (Å²) in [5.74, 6) is -0.520. The molecule has 1 aromatic rings. The average Bonchev–Trinajstić information content (AvgIpc) is 2.20. The third-order valence-electron chi connectivity index (χ3n) is 2.36. The zero-order valence-electron chi connectivity index (χ0n) is 10.2. The first kappa shape index (κ1) is 14.0. The molecule has 94 valence electrons. The lowest BCUT2D eigenvalue weighted by molar-refractivity contribution is -0.385. The number of nitro groups is 1. The van der Waals surface area contributed by atoms with Gasteiger partial charge in [-0.15, -0.1) is 11.8 Å². The van der Waals surface area contributed by atoms with Gasteiger partial charge in [0.25, 0.3) is 5.69 Å². The summed E-state index contributed by atoms with van der Waals surface area (Å²) in [5, 5.41) is 10.5. The monoisotopic (exact) mass is 257 g/mol. The Hall–Kier alpha value is -1.10. The van der Waals surface area contributed by atoms with Crippen molar-refractivity contribution in [1.82, 2.24) is 0 Å². The minimum absolute atomic E-state index is 0.0638. The molecule has 0 radical (unpaired) electrons. The standard InChI is InChI=1S/C12H16FNO2S/c1-4-7-12(2,3)17-11-6-5-9(14(15)16)8-10(11)13/h5-6,8H,4,7H2,1-3H3. The van der Waals surface area contributed by atoms with E-state index in [1.165, 1.54) is 23.9 Å². The Balaban J connectivity index is 2.90. The molecular weight excluding hydrogens is 241 g/mol. The van der Waals surface area contributed by atoms with Gasteiger partial charge in [0.15, 0.2) is 0 Å². The molecule has 17 heavy (non-hydrogen) atoms. The molecular formula is C12H16FNO2S. The summed E-state index contributed by atoms with van der Waals surface area (Å²) < 4.78 is 13.6. The van der Waals surface area contributed by atoms with Crippen molar-refractivity contribution >= 4 is 17.4 Å². The maximum Gasteiger partial charge on any atom is 0.272 e. The highest BCUT2D eigenvalue weighted by molar-refractivity contribution is 8.00. The molecule has 3 nitrogen and oxygen atoms in total. The Morgan fingerprint density at radius 1 is 1.47 bits per heavy atom. The van der Waals surface area contributed by atoms with Crippen LogP contribution in [-0.4, -0.2) is 9.67 Å². The van der Waals surface area contributed by atoms with Crippen LogP contribution in [0.1, 0.15) is 33.6 Å². The number of rotatable bonds is 5. The van der Waals surface area contributed by atoms with Gasteiger partial charge in [-0.25, -0.2) is 4.39 Å². The number of hydrogen-bond acceptors (Lipinski definition) is 3. The average molecular weight is 257 g/mol. The normalized spacial score (nSPS) is 11.5. The van der Waals surface area contributed by atoms with Crippen LogP contribution in [-0.2, 0) is 0 Å². The van der Waals surface area contributed by atoms with Crippen molar-refractivity contribution in [2.45, 2.75) is 43.3 Å². The van der Waals surface area contributed by atoms with Gasteiger partial charge in [0.2, 0.25) is 0 Å². The van der Waals surface area contributed by atoms with E-state index in [1.54, 1.807) is 0 Å². The van der Waals surface area contributed by atoms with Crippen molar-refractivity contribution in [3.05, 3.63) is 34.1 Å². The molecule has 0 spiro atoms. The zero-order valence-corrected chi connectivity index (χ0v) is 11.0. The topological polar surface area (TPSA) is 43.1 Å². The summed E-state index contributed by atoms with van der Waals surface area (Å²) in [4.78, 5) is 10.4. The van der Waals surface area contributed by atoms with Gasteiger partial charge in [-0.3, -0.25) is 10.1 Å². The highest BCUT2D eigenvalue weighted by Gasteiger charge is 2.21. The minimum Gasteiger partial charge on any atom is -0.258 e. The predicted molar refractivity (Wildman–Crippen MR) is 67.9 cm³/mol. The maximum atomic E-state index is 13.7. The molecule has 0 saturated heterocycles. The van der Waals surface area contributed by atoms with E-state index < -0.39 is 10.7 Å². The number of halogens is 1. The highest BCUT2D eigenvalue weighted by Crippen LogP contribution is 2.37. The third kappa shape index (κ3) is 4.00. The van der Waals surface area contributed by atoms with E-state index in [9.17, 15) is 14.5 Å². The molecule has 0 saturated carbocycles. The summed E-state index contributed by atoms with van der Waals surface area (Å²) in [6.07, 6.45) is 1.99. The number of thioether (sulfide) groups is 1. The first-order valence-corrected chi connectivity index (χ1v) is 6.30. The van der Waals surface area contributed by atoms with Crippen LogP contribution >= 0.6 is 11.8 Å². The largest absolute Gasteiger partial charge is 0.272 e. The van der Waals surface area contributed by atoms with E-state index in [0.29, 0.717) is 4.90 Å². The van der Waals surface area contributed by atoms with E-state index in [2.05, 4.69) is 6.92 Å². The molecule has 0 aliphatic carbocycles. The molecule has 0 aromatic heterocycles. The molecule has 1 rings (SSSR count). The van der Waals surface area contributed by atoms with Gasteiger partial charge < -0.3 is 0 Å². The Morgan fingerprint density at radius 2 is 2.12 bits per heavy atom. The van der Waals surface area contributed by atoms with Crippen LogP contribution in [0.4, 0.5) is 10.1 Å². The number of non-ortho nitro benzene ring substituents is 1. The fourth-order valence-electron chi connectivity index (χ4n) is 1.64. The Bertz CT molecular complexity index is 421. The van der Waals surface area contributed by atoms with Crippen LogP contribution < -0.4 is 0 Å². The minimum atomic E-state index is -0.589. The van der Waals surface area contributed by atoms with Gasteiger partial charge in [-0.05, 0) is 12.5 Å². The van der Waals surface area contributed by atoms with Gasteiger partial charge in [0.1, 0.15) is 5.82 Å². The molecule has 0 aliphatic rings. The Kier molecular flexibility index (Phi) is 4.51. The van der Waals surface area contributed by atoms with Crippen LogP contribution in [0.15, 0.2) is 23.1 Å². The molecule has 0 fully saturated rings. The molecule has 0 amide bonds. The summed E-state index contributed by atoms with van der Waals surface area (Å²) in [7, 11) is 0. The first-order chi connectivity index (χ1) is 7.85. The van der Waals surface area contributed by atoms with Gasteiger partial charge >= 0.3 is 0 Å². The van der Waals surface area contributed by atoms with E-state index in [0.717, 1.165) is 18.9 Å². The van der Waals surface area contributed by atoms with Gasteiger partial charge in [-0.1, -0.05) is 27.2 Å². The van der Waals surface area contributed by atoms with Crippen molar-refractivity contribution in [2.24, 2.45) is 0 Å². The van der Waals surface area contributed by atoms with Crippen LogP contribution in [0, 0.1) is 15.9 Å². The maximum absolute atomic E-state index is 13.7. The number of benzene rings is 1. The summed E-state index contributed by atoms with van der Waals surface area (Å²) in [6.45, 7) is 6.17. The summed E-state index contributed by atoms with van der Waals surface area (Å²) >= 11 is 1.42. The van der Waals surface area contributed by atoms with Crippen molar-refractivity contribution in [2.75, 3.05) is 0 Å². The van der Waals surface area contributed by atoms with Crippen molar-refractivity contribution in [3.63, 3.8) is 0 Å². The first-order valence-electron chi connectivity index (χ1n) is 5.48. The van der Waals surface area contributed by atoms with E-state index >= 15 is 0 Å². The lowest BCUT2D eigenvalue weighted by Gasteiger charge is -2.23. The molecule has 1 aromatic carbocycles. The van der Waals surface area contributed by atoms with Gasteiger partial charge in [0, 0.05) is 15.7 Å². The van der Waals surface area contributed by atoms with Crippen LogP contribution in [0.3, 0.4) is 0 Å². The Labute approximate surface area is 105 Å². The molecule has 0 atom stereocenters. The highest BCUT2D eigenvalue weighted by atomic mass is 32.2. The van der Waals surface area contributed by atoms with Crippen molar-refractivity contribution in [1.29, 1.82) is 0 Å². The van der Waals surface area contributed by atoms with Crippen molar-refractivity contribution in [3.8, 4) is 0 Å². The fraction of sp³-hybridized carbons (Fsp3) is 0.500. The summed E-state index contributed by atoms with van der Waals surface area (Å²) in [6, 6.07) is 3.80. The molecule has 0 N–H and O–H groups in total. The second-order valence-corrected chi connectivity index (χ2v) is 6.23. The predicted octanol–water partition coefficient (Wildman–Crippen LogP) is 4.40. The SMILES string of the molecule is CCCC(C)(C)Sc1ccc([N+](=O)[O-])cc1F. The van der Waals surface area contributed by atoms with Gasteiger partial charge in [0.05, 0.1) is 11.0 Å². The number of nitrogens with zero attached hydrogens (tertiary/aromatic N) is 1. The molecule has 0 unspecified atom stereocenters. The molecule has 0 heterocycles. The molecule has 0 bridgehead atoms. The second kappa shape index (κ2) is 5.49. The lowest BCUT2D eigenvalue weighted by atomic mass is 10.1. The lowest BCUT2D eigenvalue weighted by Crippen LogP contribution is -2.13. The van der Waals surface area contributed by atoms with Crippen LogP contribution in [0.25, 0.3) is 0 Å². The molecule has 0 aliphatic heterocycles. The third-order valence-corrected chi connectivity index (χ3v) is 3.67. The van der Waals surface area contributed by atoms with Crippen molar-refractivity contribution < 1.29 is 9.31 Å². The van der Waals surface area contributed by atoms with E-state index in [-0.39, 0.29) is 10.4 Å². The number of hydrogen-bond donors (Lipinski definition) is 0. The second-order valence-electron chi connectivity index (χ2n) is 4.48. The summed E-state index contributed by atoms with van der Waals surface area (Å²) in [5.41, 5.74) is -0.208. The zero-order chi connectivity index (χ0) is 13.1. The fourth-order valence-corrected chi connectivity index (χ4v) is 2.83. The van der Waals surface area contributed by atoms with Crippen LogP contribution in [0.2, 0.25) is 0 Å². The van der Waals surface area contributed by atoms with E-state index in [4.69, 9.17) is 0 Å². The Morgan fingerprint density at radius 3 is 2.59 bits per heavy atom. The van der Waals surface area contributed by atoms with Gasteiger partial charge in [-0.2, -0.15) is 0 Å². The number of nitro benzene ring substituents is 1. The quantitative estimate of drug-likeness (QED) is 0.446. The van der Waals surface area contributed by atoms with E-state index in [1.807, 2.05) is 13.8 Å². The molecule has 5 heteroatoms. The smallest absolute Gasteiger partial charge is 0.258 e.